The maximum absolute atomic E-state index is 10.7. The van der Waals surface area contributed by atoms with E-state index in [1.807, 2.05) is 31.2 Å². The second-order valence-electron chi connectivity index (χ2n) is 3.41. The zero-order valence-electron chi connectivity index (χ0n) is 8.30. The van der Waals surface area contributed by atoms with Crippen molar-refractivity contribution in [3.8, 4) is 0 Å². The number of aliphatic imine (C=N–C) groups is 1. The summed E-state index contributed by atoms with van der Waals surface area (Å²) in [6, 6.07) is 7.31. The summed E-state index contributed by atoms with van der Waals surface area (Å²) >= 11 is 1.52. The molecule has 4 heteroatoms. The molecule has 0 saturated carbocycles. The highest BCUT2D eigenvalue weighted by atomic mass is 32.2. The summed E-state index contributed by atoms with van der Waals surface area (Å²) < 4.78 is 0. The van der Waals surface area contributed by atoms with Crippen LogP contribution in [0.5, 0.6) is 0 Å². The number of benzene rings is 1. The number of nitrogens with zero attached hydrogens (tertiary/aromatic N) is 1. The first-order valence-corrected chi connectivity index (χ1v) is 5.66. The fourth-order valence-electron chi connectivity index (χ4n) is 1.46. The molecule has 1 unspecified atom stereocenters. The molecule has 1 heterocycles. The van der Waals surface area contributed by atoms with Crippen molar-refractivity contribution in [3.05, 3.63) is 35.4 Å². The number of aliphatic carboxylic acids is 1. The molecule has 0 aromatic heterocycles. The summed E-state index contributed by atoms with van der Waals surface area (Å²) in [5.41, 5.74) is 2.18. The molecule has 1 aliphatic rings. The van der Waals surface area contributed by atoms with Gasteiger partial charge in [-0.2, -0.15) is 0 Å². The second-order valence-corrected chi connectivity index (χ2v) is 4.42. The average Bonchev–Trinajstić information content (AvgIpc) is 2.67. The molecule has 0 aliphatic carbocycles. The molecule has 0 fully saturated rings. The van der Waals surface area contributed by atoms with Crippen molar-refractivity contribution in [2.24, 2.45) is 4.99 Å². The van der Waals surface area contributed by atoms with Gasteiger partial charge >= 0.3 is 5.97 Å². The minimum Gasteiger partial charge on any atom is -0.480 e. The normalized spacial score (nSPS) is 20.1. The summed E-state index contributed by atoms with van der Waals surface area (Å²) in [7, 11) is 0. The fourth-order valence-corrected chi connectivity index (χ4v) is 2.58. The molecule has 2 rings (SSSR count). The molecule has 1 atom stereocenters. The Morgan fingerprint density at radius 3 is 2.87 bits per heavy atom. The highest BCUT2D eigenvalue weighted by Crippen LogP contribution is 2.25. The molecule has 0 amide bonds. The van der Waals surface area contributed by atoms with E-state index in [0.29, 0.717) is 5.75 Å². The first-order chi connectivity index (χ1) is 7.18. The third-order valence-corrected chi connectivity index (χ3v) is 3.39. The minimum absolute atomic E-state index is 0.541. The zero-order chi connectivity index (χ0) is 10.8. The van der Waals surface area contributed by atoms with Gasteiger partial charge in [0.25, 0.3) is 0 Å². The third kappa shape index (κ3) is 2.04. The Balaban J connectivity index is 2.30. The van der Waals surface area contributed by atoms with Gasteiger partial charge in [-0.1, -0.05) is 24.3 Å². The van der Waals surface area contributed by atoms with Gasteiger partial charge in [-0.25, -0.2) is 4.79 Å². The van der Waals surface area contributed by atoms with E-state index in [0.717, 1.165) is 16.2 Å². The van der Waals surface area contributed by atoms with Gasteiger partial charge < -0.3 is 5.11 Å². The molecule has 3 nitrogen and oxygen atoms in total. The Morgan fingerprint density at radius 1 is 1.53 bits per heavy atom. The van der Waals surface area contributed by atoms with E-state index in [9.17, 15) is 4.79 Å². The summed E-state index contributed by atoms with van der Waals surface area (Å²) in [4.78, 5) is 14.9. The molecule has 0 bridgehead atoms. The monoisotopic (exact) mass is 221 g/mol. The standard InChI is InChI=1S/C11H11NO2S/c1-7-4-2-3-5-8(7)10-12-9(6-15-10)11(13)14/h2-5,9H,6H2,1H3,(H,13,14). The van der Waals surface area contributed by atoms with E-state index in [1.165, 1.54) is 11.8 Å². The highest BCUT2D eigenvalue weighted by molar-refractivity contribution is 8.14. The van der Waals surface area contributed by atoms with E-state index >= 15 is 0 Å². The first kappa shape index (κ1) is 10.2. The lowest BCUT2D eigenvalue weighted by atomic mass is 10.1. The van der Waals surface area contributed by atoms with Crippen molar-refractivity contribution in [2.45, 2.75) is 13.0 Å². The third-order valence-electron chi connectivity index (χ3n) is 2.31. The largest absolute Gasteiger partial charge is 0.480 e. The molecular weight excluding hydrogens is 210 g/mol. The molecule has 0 saturated heterocycles. The summed E-state index contributed by atoms with van der Waals surface area (Å²) in [5.74, 6) is -0.301. The van der Waals surface area contributed by atoms with Crippen LogP contribution in [0.15, 0.2) is 29.3 Å². The number of carboxylic acid groups (broad SMARTS) is 1. The van der Waals surface area contributed by atoms with Crippen molar-refractivity contribution < 1.29 is 9.90 Å². The van der Waals surface area contributed by atoms with Crippen molar-refractivity contribution in [3.63, 3.8) is 0 Å². The van der Waals surface area contributed by atoms with Crippen LogP contribution in [0.2, 0.25) is 0 Å². The lowest BCUT2D eigenvalue weighted by Crippen LogP contribution is -2.17. The second kappa shape index (κ2) is 4.06. The Hall–Kier alpha value is -1.29. The number of carbonyl (C=O) groups is 1. The van der Waals surface area contributed by atoms with Gasteiger partial charge in [0.1, 0.15) is 0 Å². The molecule has 1 N–H and O–H groups in total. The van der Waals surface area contributed by atoms with E-state index in [-0.39, 0.29) is 0 Å². The van der Waals surface area contributed by atoms with E-state index in [1.54, 1.807) is 0 Å². The molecule has 78 valence electrons. The van der Waals surface area contributed by atoms with Crippen molar-refractivity contribution in [1.82, 2.24) is 0 Å². The smallest absolute Gasteiger partial charge is 0.329 e. The minimum atomic E-state index is -0.842. The molecule has 15 heavy (non-hydrogen) atoms. The van der Waals surface area contributed by atoms with Crippen molar-refractivity contribution in [1.29, 1.82) is 0 Å². The molecule has 1 aromatic carbocycles. The maximum Gasteiger partial charge on any atom is 0.329 e. The molecule has 1 aliphatic heterocycles. The predicted octanol–water partition coefficient (Wildman–Crippen LogP) is 1.94. The Morgan fingerprint density at radius 2 is 2.27 bits per heavy atom. The van der Waals surface area contributed by atoms with Crippen LogP contribution < -0.4 is 0 Å². The SMILES string of the molecule is Cc1ccccc1C1=NC(C(=O)O)CS1. The summed E-state index contributed by atoms with van der Waals surface area (Å²) in [5, 5.41) is 9.67. The van der Waals surface area contributed by atoms with Crippen LogP contribution in [-0.2, 0) is 4.79 Å². The van der Waals surface area contributed by atoms with Crippen LogP contribution >= 0.6 is 11.8 Å². The van der Waals surface area contributed by atoms with Gasteiger partial charge in [0.15, 0.2) is 6.04 Å². The van der Waals surface area contributed by atoms with E-state index in [2.05, 4.69) is 4.99 Å². The van der Waals surface area contributed by atoms with Gasteiger partial charge in [0, 0.05) is 11.3 Å². The van der Waals surface area contributed by atoms with Gasteiger partial charge in [0.2, 0.25) is 0 Å². The number of carboxylic acids is 1. The molecule has 1 aromatic rings. The van der Waals surface area contributed by atoms with Gasteiger partial charge in [0.05, 0.1) is 5.04 Å². The number of rotatable bonds is 2. The van der Waals surface area contributed by atoms with Crippen LogP contribution in [0, 0.1) is 6.92 Å². The number of thioether (sulfide) groups is 1. The average molecular weight is 221 g/mol. The van der Waals surface area contributed by atoms with Crippen LogP contribution in [0.4, 0.5) is 0 Å². The van der Waals surface area contributed by atoms with Gasteiger partial charge in [-0.3, -0.25) is 4.99 Å². The Kier molecular flexibility index (Phi) is 2.77. The maximum atomic E-state index is 10.7. The number of hydrogen-bond acceptors (Lipinski definition) is 3. The quantitative estimate of drug-likeness (QED) is 0.830. The van der Waals surface area contributed by atoms with Gasteiger partial charge in [-0.15, -0.1) is 11.8 Å². The number of aryl methyl sites for hydroxylation is 1. The zero-order valence-corrected chi connectivity index (χ0v) is 9.12. The van der Waals surface area contributed by atoms with E-state index in [4.69, 9.17) is 5.11 Å². The van der Waals surface area contributed by atoms with Crippen LogP contribution in [0.1, 0.15) is 11.1 Å². The van der Waals surface area contributed by atoms with Gasteiger partial charge in [-0.05, 0) is 12.5 Å². The summed E-state index contributed by atoms with van der Waals surface area (Å²) in [6.07, 6.45) is 0. The van der Waals surface area contributed by atoms with Crippen LogP contribution in [-0.4, -0.2) is 27.9 Å². The molecular formula is C11H11NO2S. The van der Waals surface area contributed by atoms with E-state index < -0.39 is 12.0 Å². The lowest BCUT2D eigenvalue weighted by Gasteiger charge is -2.02. The first-order valence-electron chi connectivity index (χ1n) is 4.68. The van der Waals surface area contributed by atoms with Crippen molar-refractivity contribution in [2.75, 3.05) is 5.75 Å². The lowest BCUT2D eigenvalue weighted by molar-refractivity contribution is -0.137. The van der Waals surface area contributed by atoms with Crippen molar-refractivity contribution >= 4 is 22.8 Å². The highest BCUT2D eigenvalue weighted by Gasteiger charge is 2.25. The number of hydrogen-bond donors (Lipinski definition) is 1. The predicted molar refractivity (Wildman–Crippen MR) is 61.6 cm³/mol. The Labute approximate surface area is 92.2 Å². The summed E-state index contributed by atoms with van der Waals surface area (Å²) in [6.45, 7) is 2.01. The molecule has 0 spiro atoms. The molecule has 0 radical (unpaired) electrons. The topological polar surface area (TPSA) is 49.7 Å². The Bertz CT molecular complexity index is 428. The van der Waals surface area contributed by atoms with Crippen LogP contribution in [0.25, 0.3) is 0 Å². The van der Waals surface area contributed by atoms with Crippen LogP contribution in [0.3, 0.4) is 0 Å². The fraction of sp³-hybridized carbons (Fsp3) is 0.273.